The molecule has 1 heterocycles. The highest BCUT2D eigenvalue weighted by Gasteiger charge is 2.27. The molecule has 1 unspecified atom stereocenters. The monoisotopic (exact) mass is 305 g/mol. The number of carboxylic acid groups (broad SMARTS) is 1. The molecule has 0 aliphatic rings. The van der Waals surface area contributed by atoms with Gasteiger partial charge in [0.2, 0.25) is 5.92 Å². The van der Waals surface area contributed by atoms with E-state index in [0.29, 0.717) is 17.9 Å². The summed E-state index contributed by atoms with van der Waals surface area (Å²) in [5, 5.41) is 18.8. The van der Waals surface area contributed by atoms with Crippen molar-refractivity contribution >= 4 is 28.5 Å². The molecule has 108 valence electrons. The summed E-state index contributed by atoms with van der Waals surface area (Å²) in [6.45, 7) is 1.85. The van der Waals surface area contributed by atoms with E-state index in [0.717, 1.165) is 0 Å². The average Bonchev–Trinajstić information content (AvgIpc) is 2.44. The summed E-state index contributed by atoms with van der Waals surface area (Å²) in [4.78, 5) is 23.7. The van der Waals surface area contributed by atoms with Crippen LogP contribution in [0.1, 0.15) is 30.6 Å². The predicted molar refractivity (Wildman–Crippen MR) is 77.5 cm³/mol. The Kier molecular flexibility index (Phi) is 4.29. The number of hydrogen-bond acceptors (Lipinski definition) is 4. The van der Waals surface area contributed by atoms with Crippen molar-refractivity contribution in [3.05, 3.63) is 44.8 Å². The summed E-state index contributed by atoms with van der Waals surface area (Å²) < 4.78 is 5.53. The highest BCUT2D eigenvalue weighted by atomic mass is 35.5. The molecule has 0 amide bonds. The molecule has 2 aromatic rings. The minimum absolute atomic E-state index is 0.0910. The van der Waals surface area contributed by atoms with E-state index >= 15 is 0 Å². The lowest BCUT2D eigenvalue weighted by atomic mass is 9.98. The number of fused-ring (bicyclic) bond motifs is 1. The first-order valence-electron chi connectivity index (χ1n) is 6.37. The van der Waals surface area contributed by atoms with Crippen molar-refractivity contribution < 1.29 is 14.3 Å². The topological polar surface area (TPSA) is 91.3 Å². The Bertz CT molecular complexity index is 804. The number of nitriles is 1. The Morgan fingerprint density at radius 3 is 2.81 bits per heavy atom. The number of halogens is 1. The molecular formula is C15H12ClNO4. The fraction of sp³-hybridized carbons (Fsp3) is 0.267. The van der Waals surface area contributed by atoms with E-state index in [1.54, 1.807) is 6.07 Å². The number of hydrogen-bond donors (Lipinski definition) is 1. The molecule has 2 rings (SSSR count). The normalized spacial score (nSPS) is 12.0. The Morgan fingerprint density at radius 2 is 2.24 bits per heavy atom. The van der Waals surface area contributed by atoms with Crippen LogP contribution in [0.3, 0.4) is 0 Å². The first-order chi connectivity index (χ1) is 9.99. The van der Waals surface area contributed by atoms with Crippen LogP contribution in [0.15, 0.2) is 27.4 Å². The smallest absolute Gasteiger partial charge is 0.328 e. The third kappa shape index (κ3) is 2.76. The summed E-state index contributed by atoms with van der Waals surface area (Å²) in [6.07, 6.45) is 0.965. The van der Waals surface area contributed by atoms with Crippen molar-refractivity contribution in [1.82, 2.24) is 0 Å². The fourth-order valence-electron chi connectivity index (χ4n) is 2.17. The van der Waals surface area contributed by atoms with Crippen LogP contribution in [-0.2, 0) is 11.2 Å². The van der Waals surface area contributed by atoms with Crippen LogP contribution in [-0.4, -0.2) is 11.1 Å². The van der Waals surface area contributed by atoms with Crippen molar-refractivity contribution in [3.8, 4) is 6.07 Å². The van der Waals surface area contributed by atoms with Crippen molar-refractivity contribution in [1.29, 1.82) is 5.26 Å². The summed E-state index contributed by atoms with van der Waals surface area (Å²) in [6, 6.07) is 6.18. The minimum atomic E-state index is -1.50. The number of benzene rings is 1. The maximum Gasteiger partial charge on any atom is 0.328 e. The van der Waals surface area contributed by atoms with E-state index in [-0.39, 0.29) is 27.7 Å². The average molecular weight is 306 g/mol. The van der Waals surface area contributed by atoms with Crippen LogP contribution in [0.4, 0.5) is 0 Å². The molecule has 0 spiro atoms. The van der Waals surface area contributed by atoms with Gasteiger partial charge < -0.3 is 9.52 Å². The molecule has 1 N–H and O–H groups in total. The molecule has 0 saturated carbocycles. The van der Waals surface area contributed by atoms with Gasteiger partial charge >= 0.3 is 5.97 Å². The lowest BCUT2D eigenvalue weighted by Crippen LogP contribution is -2.19. The zero-order valence-corrected chi connectivity index (χ0v) is 12.0. The Balaban J connectivity index is 2.84. The van der Waals surface area contributed by atoms with E-state index in [1.165, 1.54) is 18.2 Å². The molecule has 1 aromatic carbocycles. The van der Waals surface area contributed by atoms with Gasteiger partial charge in [-0.25, -0.2) is 0 Å². The predicted octanol–water partition coefficient (Wildman–Crippen LogP) is 3.09. The number of carboxylic acids is 1. The van der Waals surface area contributed by atoms with Crippen LogP contribution in [0.2, 0.25) is 5.02 Å². The van der Waals surface area contributed by atoms with Crippen molar-refractivity contribution in [2.24, 2.45) is 0 Å². The van der Waals surface area contributed by atoms with Crippen LogP contribution in [0.25, 0.3) is 11.0 Å². The molecule has 0 aliphatic carbocycles. The minimum Gasteiger partial charge on any atom is -0.480 e. The third-order valence-corrected chi connectivity index (χ3v) is 3.35. The molecule has 21 heavy (non-hydrogen) atoms. The van der Waals surface area contributed by atoms with Gasteiger partial charge in [-0.05, 0) is 24.6 Å². The van der Waals surface area contributed by atoms with Gasteiger partial charge in [0.25, 0.3) is 0 Å². The van der Waals surface area contributed by atoms with Crippen LogP contribution in [0.5, 0.6) is 0 Å². The first kappa shape index (κ1) is 15.1. The van der Waals surface area contributed by atoms with Crippen molar-refractivity contribution in [2.75, 3.05) is 0 Å². The molecule has 0 fully saturated rings. The van der Waals surface area contributed by atoms with E-state index < -0.39 is 11.9 Å². The summed E-state index contributed by atoms with van der Waals surface area (Å²) >= 11 is 5.87. The first-order valence-corrected chi connectivity index (χ1v) is 6.75. The van der Waals surface area contributed by atoms with Gasteiger partial charge in [-0.15, -0.1) is 0 Å². The molecule has 0 aliphatic heterocycles. The number of carbonyl (C=O) groups is 1. The molecular weight excluding hydrogens is 294 g/mol. The number of rotatable bonds is 4. The van der Waals surface area contributed by atoms with Gasteiger partial charge in [0.15, 0.2) is 5.43 Å². The van der Waals surface area contributed by atoms with Crippen LogP contribution >= 0.6 is 11.6 Å². The standard InChI is InChI=1S/C15H12ClNO4/c1-2-3-9-13(18)10-6-8(16)4-5-12(10)21-14(9)11(7-17)15(19)20/h4-6,11H,2-3H2,1H3,(H,19,20). The van der Waals surface area contributed by atoms with E-state index in [4.69, 9.17) is 26.4 Å². The van der Waals surface area contributed by atoms with Gasteiger partial charge in [-0.2, -0.15) is 5.26 Å². The second-order valence-corrected chi connectivity index (χ2v) is 5.00. The largest absolute Gasteiger partial charge is 0.480 e. The highest BCUT2D eigenvalue weighted by Crippen LogP contribution is 2.25. The Hall–Kier alpha value is -2.32. The molecule has 0 radical (unpaired) electrons. The van der Waals surface area contributed by atoms with Crippen LogP contribution in [0, 0.1) is 11.3 Å². The van der Waals surface area contributed by atoms with Crippen molar-refractivity contribution in [3.63, 3.8) is 0 Å². The molecule has 0 bridgehead atoms. The maximum absolute atomic E-state index is 12.5. The molecule has 5 nitrogen and oxygen atoms in total. The van der Waals surface area contributed by atoms with Gasteiger partial charge in [0, 0.05) is 10.6 Å². The number of aliphatic carboxylic acids is 1. The second-order valence-electron chi connectivity index (χ2n) is 4.56. The quantitative estimate of drug-likeness (QED) is 0.937. The number of nitrogens with zero attached hydrogens (tertiary/aromatic N) is 1. The fourth-order valence-corrected chi connectivity index (χ4v) is 2.34. The second kappa shape index (κ2) is 5.98. The SMILES string of the molecule is CCCc1c(C(C#N)C(=O)O)oc2ccc(Cl)cc2c1=O. The zero-order valence-electron chi connectivity index (χ0n) is 11.2. The van der Waals surface area contributed by atoms with Crippen LogP contribution < -0.4 is 5.43 Å². The maximum atomic E-state index is 12.5. The Morgan fingerprint density at radius 1 is 1.52 bits per heavy atom. The molecule has 6 heteroatoms. The Labute approximate surface area is 125 Å². The molecule has 1 atom stereocenters. The van der Waals surface area contributed by atoms with E-state index in [9.17, 15) is 9.59 Å². The summed E-state index contributed by atoms with van der Waals surface area (Å²) in [5.41, 5.74) is 0.110. The van der Waals surface area contributed by atoms with Gasteiger partial charge in [-0.1, -0.05) is 24.9 Å². The molecule has 0 saturated heterocycles. The van der Waals surface area contributed by atoms with Gasteiger partial charge in [0.05, 0.1) is 11.5 Å². The highest BCUT2D eigenvalue weighted by molar-refractivity contribution is 6.31. The third-order valence-electron chi connectivity index (χ3n) is 3.12. The summed E-state index contributed by atoms with van der Waals surface area (Å²) in [5.74, 6) is -2.93. The van der Waals surface area contributed by atoms with E-state index in [2.05, 4.69) is 0 Å². The van der Waals surface area contributed by atoms with Gasteiger partial charge in [-0.3, -0.25) is 9.59 Å². The molecule has 1 aromatic heterocycles. The van der Waals surface area contributed by atoms with Gasteiger partial charge in [0.1, 0.15) is 11.3 Å². The lowest BCUT2D eigenvalue weighted by molar-refractivity contribution is -0.137. The summed E-state index contributed by atoms with van der Waals surface area (Å²) in [7, 11) is 0. The van der Waals surface area contributed by atoms with Crippen molar-refractivity contribution in [2.45, 2.75) is 25.7 Å². The zero-order chi connectivity index (χ0) is 15.6. The van der Waals surface area contributed by atoms with E-state index in [1.807, 2.05) is 6.92 Å². The lowest BCUT2D eigenvalue weighted by Gasteiger charge is -2.11.